The second-order valence-corrected chi connectivity index (χ2v) is 6.06. The Morgan fingerprint density at radius 1 is 1.11 bits per heavy atom. The maximum absolute atomic E-state index is 5.47. The van der Waals surface area contributed by atoms with Crippen LogP contribution in [0.2, 0.25) is 0 Å². The third-order valence-corrected chi connectivity index (χ3v) is 4.17. The highest BCUT2D eigenvalue weighted by Crippen LogP contribution is 2.31. The summed E-state index contributed by atoms with van der Waals surface area (Å²) in [5.41, 5.74) is 0. The minimum atomic E-state index is 0.623. The molecule has 108 valence electrons. The number of hydrogen-bond donors (Lipinski definition) is 1. The Bertz CT molecular complexity index is 194. The summed E-state index contributed by atoms with van der Waals surface area (Å²) >= 11 is 0. The topological polar surface area (TPSA) is 21.3 Å². The molecular formula is C16H33NO. The van der Waals surface area contributed by atoms with Gasteiger partial charge in [-0.05, 0) is 44.6 Å². The van der Waals surface area contributed by atoms with Gasteiger partial charge >= 0.3 is 0 Å². The zero-order valence-electron chi connectivity index (χ0n) is 12.7. The van der Waals surface area contributed by atoms with Crippen molar-refractivity contribution in [1.82, 2.24) is 5.32 Å². The molecule has 1 rings (SSSR count). The summed E-state index contributed by atoms with van der Waals surface area (Å²) in [5.74, 6) is 1.83. The van der Waals surface area contributed by atoms with Crippen molar-refractivity contribution in [2.45, 2.75) is 71.8 Å². The standard InChI is InChI=1S/C16H33NO/c1-4-18-12-8-11-15-9-6-5-7-10-16(15)13-17-14(2)3/h14-17H,4-13H2,1-3H3. The fourth-order valence-corrected chi connectivity index (χ4v) is 3.09. The average Bonchev–Trinajstić information content (AvgIpc) is 2.57. The smallest absolute Gasteiger partial charge is 0.0465 e. The van der Waals surface area contributed by atoms with Gasteiger partial charge in [0.15, 0.2) is 0 Å². The molecular weight excluding hydrogens is 222 g/mol. The Morgan fingerprint density at radius 2 is 1.83 bits per heavy atom. The van der Waals surface area contributed by atoms with Gasteiger partial charge in [0, 0.05) is 19.3 Å². The fourth-order valence-electron chi connectivity index (χ4n) is 3.09. The lowest BCUT2D eigenvalue weighted by Gasteiger charge is -2.26. The summed E-state index contributed by atoms with van der Waals surface area (Å²) in [6.45, 7) is 9.62. The molecule has 1 fully saturated rings. The van der Waals surface area contributed by atoms with Crippen LogP contribution in [0.5, 0.6) is 0 Å². The van der Waals surface area contributed by atoms with E-state index in [1.807, 2.05) is 0 Å². The van der Waals surface area contributed by atoms with Crippen LogP contribution in [0.3, 0.4) is 0 Å². The van der Waals surface area contributed by atoms with Crippen molar-refractivity contribution in [2.75, 3.05) is 19.8 Å². The molecule has 18 heavy (non-hydrogen) atoms. The Labute approximate surface area is 114 Å². The van der Waals surface area contributed by atoms with Crippen molar-refractivity contribution in [3.8, 4) is 0 Å². The van der Waals surface area contributed by atoms with E-state index in [0.29, 0.717) is 6.04 Å². The third-order valence-electron chi connectivity index (χ3n) is 4.17. The van der Waals surface area contributed by atoms with E-state index < -0.39 is 0 Å². The van der Waals surface area contributed by atoms with Gasteiger partial charge in [-0.3, -0.25) is 0 Å². The van der Waals surface area contributed by atoms with Crippen molar-refractivity contribution in [3.63, 3.8) is 0 Å². The second kappa shape index (κ2) is 9.80. The van der Waals surface area contributed by atoms with E-state index in [1.54, 1.807) is 0 Å². The lowest BCUT2D eigenvalue weighted by molar-refractivity contribution is 0.133. The Hall–Kier alpha value is -0.0800. The first-order valence-corrected chi connectivity index (χ1v) is 8.05. The fraction of sp³-hybridized carbons (Fsp3) is 1.00. The lowest BCUT2D eigenvalue weighted by Crippen LogP contribution is -2.32. The van der Waals surface area contributed by atoms with E-state index in [2.05, 4.69) is 26.1 Å². The zero-order chi connectivity index (χ0) is 13.2. The maximum Gasteiger partial charge on any atom is 0.0465 e. The monoisotopic (exact) mass is 255 g/mol. The first-order valence-electron chi connectivity index (χ1n) is 8.05. The molecule has 1 saturated carbocycles. The third kappa shape index (κ3) is 6.75. The van der Waals surface area contributed by atoms with Crippen molar-refractivity contribution in [3.05, 3.63) is 0 Å². The summed E-state index contributed by atoms with van der Waals surface area (Å²) < 4.78 is 5.47. The van der Waals surface area contributed by atoms with Crippen LogP contribution in [0.4, 0.5) is 0 Å². The number of ether oxygens (including phenoxy) is 1. The summed E-state index contributed by atoms with van der Waals surface area (Å²) in [7, 11) is 0. The highest BCUT2D eigenvalue weighted by molar-refractivity contribution is 4.76. The molecule has 0 aromatic rings. The van der Waals surface area contributed by atoms with Crippen LogP contribution < -0.4 is 5.32 Å². The van der Waals surface area contributed by atoms with E-state index in [1.165, 1.54) is 51.5 Å². The van der Waals surface area contributed by atoms with Gasteiger partial charge in [-0.2, -0.15) is 0 Å². The Balaban J connectivity index is 2.31. The molecule has 1 N–H and O–H groups in total. The minimum Gasteiger partial charge on any atom is -0.382 e. The molecule has 0 heterocycles. The molecule has 0 amide bonds. The van der Waals surface area contributed by atoms with Crippen molar-refractivity contribution >= 4 is 0 Å². The highest BCUT2D eigenvalue weighted by atomic mass is 16.5. The van der Waals surface area contributed by atoms with Crippen LogP contribution in [0, 0.1) is 11.8 Å². The summed E-state index contributed by atoms with van der Waals surface area (Å²) in [6, 6.07) is 0.623. The first kappa shape index (κ1) is 16.0. The molecule has 2 heteroatoms. The second-order valence-electron chi connectivity index (χ2n) is 6.06. The number of nitrogens with one attached hydrogen (secondary N) is 1. The van der Waals surface area contributed by atoms with Gasteiger partial charge in [0.2, 0.25) is 0 Å². The molecule has 1 aliphatic rings. The Morgan fingerprint density at radius 3 is 2.50 bits per heavy atom. The maximum atomic E-state index is 5.47. The molecule has 1 aliphatic carbocycles. The zero-order valence-corrected chi connectivity index (χ0v) is 12.7. The molecule has 0 spiro atoms. The van der Waals surface area contributed by atoms with Gasteiger partial charge in [-0.25, -0.2) is 0 Å². The van der Waals surface area contributed by atoms with E-state index in [-0.39, 0.29) is 0 Å². The highest BCUT2D eigenvalue weighted by Gasteiger charge is 2.23. The lowest BCUT2D eigenvalue weighted by atomic mass is 9.84. The molecule has 0 aromatic carbocycles. The number of hydrogen-bond acceptors (Lipinski definition) is 2. The van der Waals surface area contributed by atoms with Crippen LogP contribution in [-0.4, -0.2) is 25.8 Å². The quantitative estimate of drug-likeness (QED) is 0.523. The summed E-state index contributed by atoms with van der Waals surface area (Å²) in [6.07, 6.45) is 9.81. The van der Waals surface area contributed by atoms with E-state index >= 15 is 0 Å². The van der Waals surface area contributed by atoms with Gasteiger partial charge < -0.3 is 10.1 Å². The van der Waals surface area contributed by atoms with Gasteiger partial charge in [-0.15, -0.1) is 0 Å². The van der Waals surface area contributed by atoms with Gasteiger partial charge in [0.1, 0.15) is 0 Å². The van der Waals surface area contributed by atoms with Crippen LogP contribution in [-0.2, 0) is 4.74 Å². The summed E-state index contributed by atoms with van der Waals surface area (Å²) in [4.78, 5) is 0. The van der Waals surface area contributed by atoms with Crippen molar-refractivity contribution in [1.29, 1.82) is 0 Å². The number of rotatable bonds is 8. The van der Waals surface area contributed by atoms with E-state index in [0.717, 1.165) is 25.0 Å². The molecule has 2 nitrogen and oxygen atoms in total. The molecule has 0 saturated heterocycles. The van der Waals surface area contributed by atoms with Gasteiger partial charge in [-0.1, -0.05) is 39.5 Å². The van der Waals surface area contributed by atoms with Crippen LogP contribution in [0.1, 0.15) is 65.7 Å². The molecule has 0 aliphatic heterocycles. The molecule has 0 radical (unpaired) electrons. The normalized spacial score (nSPS) is 25.3. The first-order chi connectivity index (χ1) is 8.74. The van der Waals surface area contributed by atoms with Crippen molar-refractivity contribution < 1.29 is 4.74 Å². The molecule has 0 aromatic heterocycles. The van der Waals surface area contributed by atoms with Crippen LogP contribution in [0.15, 0.2) is 0 Å². The largest absolute Gasteiger partial charge is 0.382 e. The molecule has 2 atom stereocenters. The average molecular weight is 255 g/mol. The van der Waals surface area contributed by atoms with Gasteiger partial charge in [0.25, 0.3) is 0 Å². The van der Waals surface area contributed by atoms with Gasteiger partial charge in [0.05, 0.1) is 0 Å². The summed E-state index contributed by atoms with van der Waals surface area (Å²) in [5, 5.41) is 3.64. The van der Waals surface area contributed by atoms with E-state index in [4.69, 9.17) is 4.74 Å². The van der Waals surface area contributed by atoms with Crippen molar-refractivity contribution in [2.24, 2.45) is 11.8 Å². The molecule has 2 unspecified atom stereocenters. The predicted octanol–water partition coefficient (Wildman–Crippen LogP) is 4.00. The Kier molecular flexibility index (Phi) is 8.70. The molecule has 0 bridgehead atoms. The van der Waals surface area contributed by atoms with Crippen LogP contribution in [0.25, 0.3) is 0 Å². The van der Waals surface area contributed by atoms with E-state index in [9.17, 15) is 0 Å². The predicted molar refractivity (Wildman–Crippen MR) is 78.9 cm³/mol. The SMILES string of the molecule is CCOCCCC1CCCCCC1CNC(C)C. The van der Waals surface area contributed by atoms with Crippen LogP contribution >= 0.6 is 0 Å². The minimum absolute atomic E-state index is 0.623.